The van der Waals surface area contributed by atoms with Crippen LogP contribution >= 0.6 is 0 Å². The molecule has 4 N–H and O–H groups in total. The van der Waals surface area contributed by atoms with Crippen LogP contribution in [0.4, 0.5) is 9.59 Å². The Balaban J connectivity index is 1.01. The van der Waals surface area contributed by atoms with E-state index in [2.05, 4.69) is 82.0 Å². The van der Waals surface area contributed by atoms with Crippen molar-refractivity contribution in [3.05, 3.63) is 84.4 Å². The van der Waals surface area contributed by atoms with Crippen LogP contribution in [0.3, 0.4) is 0 Å². The minimum atomic E-state index is -0.900. The van der Waals surface area contributed by atoms with E-state index in [9.17, 15) is 14.7 Å². The summed E-state index contributed by atoms with van der Waals surface area (Å²) in [6, 6.07) is 25.2. The summed E-state index contributed by atoms with van der Waals surface area (Å²) in [4.78, 5) is 42.4. The fourth-order valence-corrected chi connectivity index (χ4v) is 7.60. The molecule has 1 aliphatic carbocycles. The Hall–Kier alpha value is -5.38. The van der Waals surface area contributed by atoms with Gasteiger partial charge in [0.25, 0.3) is 0 Å². The van der Waals surface area contributed by atoms with E-state index in [0.717, 1.165) is 93.0 Å². The van der Waals surface area contributed by atoms with E-state index in [0.29, 0.717) is 12.4 Å². The highest BCUT2D eigenvalue weighted by molar-refractivity contribution is 6.05. The third-order valence-corrected chi connectivity index (χ3v) is 9.93. The number of carbonyl (C=O) groups is 2. The van der Waals surface area contributed by atoms with Gasteiger partial charge in [-0.2, -0.15) is 0 Å². The van der Waals surface area contributed by atoms with E-state index in [1.165, 1.54) is 4.90 Å². The first-order valence-electron chi connectivity index (χ1n) is 17.1. The van der Waals surface area contributed by atoms with Gasteiger partial charge >= 0.3 is 12.2 Å². The largest absolute Gasteiger partial charge is 0.465 e. The van der Waals surface area contributed by atoms with Crippen molar-refractivity contribution >= 4 is 45.0 Å². The van der Waals surface area contributed by atoms with E-state index < -0.39 is 11.7 Å². The van der Waals surface area contributed by atoms with Crippen LogP contribution in [0.1, 0.15) is 76.5 Å². The molecule has 10 nitrogen and oxygen atoms in total. The Labute approximate surface area is 283 Å². The zero-order valence-electron chi connectivity index (χ0n) is 27.9. The number of nitrogens with one attached hydrogen (secondary N) is 3. The van der Waals surface area contributed by atoms with E-state index >= 15 is 0 Å². The van der Waals surface area contributed by atoms with Gasteiger partial charge in [-0.3, -0.25) is 4.90 Å². The summed E-state index contributed by atoms with van der Waals surface area (Å²) in [5, 5.41) is 14.8. The van der Waals surface area contributed by atoms with Crippen molar-refractivity contribution < 1.29 is 19.4 Å². The van der Waals surface area contributed by atoms with Crippen LogP contribution in [0.5, 0.6) is 0 Å². The summed E-state index contributed by atoms with van der Waals surface area (Å²) < 4.78 is 5.50. The fourth-order valence-electron chi connectivity index (χ4n) is 7.60. The molecule has 2 fully saturated rings. The van der Waals surface area contributed by atoms with Gasteiger partial charge in [-0.25, -0.2) is 19.6 Å². The highest BCUT2D eigenvalue weighted by Crippen LogP contribution is 2.37. The number of fused-ring (bicyclic) bond motifs is 4. The Morgan fingerprint density at radius 2 is 1.51 bits per heavy atom. The third-order valence-electron chi connectivity index (χ3n) is 9.93. The molecule has 0 bridgehead atoms. The number of amides is 2. The van der Waals surface area contributed by atoms with Gasteiger partial charge in [0.1, 0.15) is 17.2 Å². The number of aromatic nitrogens is 4. The maximum absolute atomic E-state index is 12.5. The topological polar surface area (TPSA) is 136 Å². The number of carboxylic acid groups (broad SMARTS) is 1. The first-order chi connectivity index (χ1) is 23.6. The lowest BCUT2D eigenvalue weighted by Gasteiger charge is -2.24. The van der Waals surface area contributed by atoms with Gasteiger partial charge < -0.3 is 25.1 Å². The third kappa shape index (κ3) is 5.96. The molecular formula is C39H40N6O4. The van der Waals surface area contributed by atoms with Gasteiger partial charge in [-0.1, -0.05) is 55.0 Å². The Kier molecular flexibility index (Phi) is 7.54. The van der Waals surface area contributed by atoms with Crippen LogP contribution in [0, 0.1) is 0 Å². The van der Waals surface area contributed by atoms with Gasteiger partial charge in [-0.15, -0.1) is 0 Å². The number of hydrogen-bond acceptors (Lipinski definition) is 5. The molecule has 0 spiro atoms. The van der Waals surface area contributed by atoms with Crippen LogP contribution < -0.4 is 5.32 Å². The molecule has 1 saturated heterocycles. The monoisotopic (exact) mass is 656 g/mol. The second kappa shape index (κ2) is 11.9. The Morgan fingerprint density at radius 1 is 0.816 bits per heavy atom. The number of alkyl carbamates (subject to hydrolysis) is 1. The fraction of sp³-hybridized carbons (Fsp3) is 0.333. The quantitative estimate of drug-likeness (QED) is 0.146. The summed E-state index contributed by atoms with van der Waals surface area (Å²) in [7, 11) is 0. The number of nitrogens with zero attached hydrogens (tertiary/aromatic N) is 3. The maximum Gasteiger partial charge on any atom is 0.407 e. The lowest BCUT2D eigenvalue weighted by Crippen LogP contribution is -2.40. The Bertz CT molecular complexity index is 2210. The van der Waals surface area contributed by atoms with Gasteiger partial charge in [0.15, 0.2) is 0 Å². The Morgan fingerprint density at radius 3 is 2.27 bits per heavy atom. The predicted octanol–water partition coefficient (Wildman–Crippen LogP) is 8.90. The number of carbonyl (C=O) groups excluding carboxylic acids is 1. The molecule has 10 heteroatoms. The molecular weight excluding hydrogens is 616 g/mol. The molecule has 2 amide bonds. The molecule has 250 valence electrons. The number of benzene rings is 4. The molecule has 1 saturated carbocycles. The average molecular weight is 657 g/mol. The molecule has 1 unspecified atom stereocenters. The molecule has 0 radical (unpaired) electrons. The molecule has 1 aliphatic heterocycles. The van der Waals surface area contributed by atoms with Gasteiger partial charge in [0, 0.05) is 23.9 Å². The normalized spacial score (nSPS) is 19.7. The van der Waals surface area contributed by atoms with E-state index in [1.54, 1.807) is 0 Å². The summed E-state index contributed by atoms with van der Waals surface area (Å²) in [6.07, 6.45) is 3.22. The second-order valence-electron chi connectivity index (χ2n) is 14.4. The SMILES string of the molecule is CC(C)(C)OC(=O)N[C@H]1CCC[C@@H]1c1nc2ccc(-c3ccc(-c4ccc5c(ccc6nc(C7CCCN7C(=O)O)[nH]c65)c4)cc3)cc2[nH]1. The standard InChI is InChI=1S/C39H40N6O4/c1-39(2,3)49-37(46)43-29-7-4-6-28(29)35-40-30-17-14-25(21-32(30)42-35)23-11-9-22(10-12-23)24-13-16-27-26(20-24)15-18-31-34(27)44-36(41-31)33-8-5-19-45(33)38(47)48/h9-18,20-21,28-29,33H,4-8,19H2,1-3H3,(H,40,42)(H,41,44)(H,43,46)(H,47,48)/t28-,29-,33?/m0/s1. The number of hydrogen-bond donors (Lipinski definition) is 4. The molecule has 4 aromatic carbocycles. The number of likely N-dealkylation sites (tertiary alicyclic amines) is 1. The molecule has 3 atom stereocenters. The molecule has 2 aromatic heterocycles. The van der Waals surface area contributed by atoms with Crippen LogP contribution in [0.2, 0.25) is 0 Å². The van der Waals surface area contributed by atoms with Crippen molar-refractivity contribution in [3.63, 3.8) is 0 Å². The maximum atomic E-state index is 12.5. The number of rotatable bonds is 5. The summed E-state index contributed by atoms with van der Waals surface area (Å²) >= 11 is 0. The molecule has 8 rings (SSSR count). The van der Waals surface area contributed by atoms with Crippen molar-refractivity contribution in [1.29, 1.82) is 0 Å². The minimum Gasteiger partial charge on any atom is -0.465 e. The highest BCUT2D eigenvalue weighted by atomic mass is 16.6. The lowest BCUT2D eigenvalue weighted by molar-refractivity contribution is 0.0500. The van der Waals surface area contributed by atoms with Crippen LogP contribution in [-0.4, -0.2) is 60.3 Å². The smallest absolute Gasteiger partial charge is 0.407 e. The van der Waals surface area contributed by atoms with Crippen molar-refractivity contribution in [2.45, 2.75) is 76.5 Å². The summed E-state index contributed by atoms with van der Waals surface area (Å²) in [5.74, 6) is 1.73. The van der Waals surface area contributed by atoms with Crippen molar-refractivity contribution in [2.24, 2.45) is 0 Å². The van der Waals surface area contributed by atoms with E-state index in [1.807, 2.05) is 26.8 Å². The second-order valence-corrected chi connectivity index (χ2v) is 14.4. The first-order valence-corrected chi connectivity index (χ1v) is 17.1. The van der Waals surface area contributed by atoms with Crippen molar-refractivity contribution in [1.82, 2.24) is 30.2 Å². The average Bonchev–Trinajstić information content (AvgIpc) is 3.88. The number of imidazole rings is 2. The van der Waals surface area contributed by atoms with Gasteiger partial charge in [-0.05, 0) is 98.4 Å². The number of ether oxygens (including phenoxy) is 1. The summed E-state index contributed by atoms with van der Waals surface area (Å²) in [5.41, 5.74) is 7.59. The van der Waals surface area contributed by atoms with Gasteiger partial charge in [0.2, 0.25) is 0 Å². The lowest BCUT2D eigenvalue weighted by atomic mass is 9.98. The molecule has 3 heterocycles. The van der Waals surface area contributed by atoms with Crippen LogP contribution in [0.25, 0.3) is 55.1 Å². The zero-order valence-corrected chi connectivity index (χ0v) is 27.9. The van der Waals surface area contributed by atoms with Gasteiger partial charge in [0.05, 0.1) is 28.1 Å². The zero-order chi connectivity index (χ0) is 33.9. The van der Waals surface area contributed by atoms with Crippen LogP contribution in [-0.2, 0) is 4.74 Å². The molecule has 6 aromatic rings. The first kappa shape index (κ1) is 30.9. The van der Waals surface area contributed by atoms with Crippen LogP contribution in [0.15, 0.2) is 72.8 Å². The number of H-pyrrole nitrogens is 2. The highest BCUT2D eigenvalue weighted by Gasteiger charge is 2.34. The molecule has 2 aliphatic rings. The minimum absolute atomic E-state index is 0.0118. The van der Waals surface area contributed by atoms with Crippen molar-refractivity contribution in [3.8, 4) is 22.3 Å². The molecule has 49 heavy (non-hydrogen) atoms. The summed E-state index contributed by atoms with van der Waals surface area (Å²) in [6.45, 7) is 6.15. The van der Waals surface area contributed by atoms with E-state index in [-0.39, 0.29) is 24.1 Å². The number of aromatic amines is 2. The predicted molar refractivity (Wildman–Crippen MR) is 191 cm³/mol. The van der Waals surface area contributed by atoms with E-state index in [4.69, 9.17) is 14.7 Å². The van der Waals surface area contributed by atoms with Crippen molar-refractivity contribution in [2.75, 3.05) is 6.54 Å².